The molecule has 2 rings (SSSR count). The molecule has 2 aromatic heterocycles. The van der Waals surface area contributed by atoms with Gasteiger partial charge in [0.05, 0.1) is 11.6 Å². The summed E-state index contributed by atoms with van der Waals surface area (Å²) in [6.07, 6.45) is 0. The number of ether oxygens (including phenoxy) is 1. The van der Waals surface area contributed by atoms with Gasteiger partial charge in [-0.15, -0.1) is 11.3 Å². The molecule has 0 aromatic carbocycles. The summed E-state index contributed by atoms with van der Waals surface area (Å²) in [5, 5.41) is 5.56. The molecule has 0 aliphatic rings. The smallest absolute Gasteiger partial charge is 0.287 e. The van der Waals surface area contributed by atoms with E-state index in [-0.39, 0.29) is 11.7 Å². The van der Waals surface area contributed by atoms with Crippen LogP contribution in [0, 0.1) is 6.92 Å². The zero-order chi connectivity index (χ0) is 13.0. The number of methoxy groups -OCH3 is 1. The average molecular weight is 266 g/mol. The number of nitrogens with one attached hydrogen (secondary N) is 1. The van der Waals surface area contributed by atoms with E-state index in [1.54, 1.807) is 30.6 Å². The molecule has 2 heterocycles. The fourth-order valence-corrected chi connectivity index (χ4v) is 2.03. The lowest BCUT2D eigenvalue weighted by Gasteiger charge is -2.01. The van der Waals surface area contributed by atoms with Crippen LogP contribution in [-0.4, -0.2) is 31.2 Å². The van der Waals surface area contributed by atoms with Crippen molar-refractivity contribution in [2.75, 3.05) is 20.3 Å². The zero-order valence-electron chi connectivity index (χ0n) is 10.2. The predicted octanol–water partition coefficient (Wildman–Crippen LogP) is 2.09. The highest BCUT2D eigenvalue weighted by Crippen LogP contribution is 2.23. The standard InChI is InChI=1S/C12H14N2O3S/c1-8-14-9(7-18-8)10-3-4-11(17-10)12(15)13-5-6-16-2/h3-4,7H,5-6H2,1-2H3,(H,13,15). The van der Waals surface area contributed by atoms with Crippen molar-refractivity contribution in [1.82, 2.24) is 10.3 Å². The molecule has 0 saturated heterocycles. The van der Waals surface area contributed by atoms with Crippen molar-refractivity contribution in [2.24, 2.45) is 0 Å². The van der Waals surface area contributed by atoms with Gasteiger partial charge in [0.15, 0.2) is 11.5 Å². The summed E-state index contributed by atoms with van der Waals surface area (Å²) in [6, 6.07) is 3.39. The number of thiazole rings is 1. The third-order valence-electron chi connectivity index (χ3n) is 2.29. The Balaban J connectivity index is 2.04. The van der Waals surface area contributed by atoms with Crippen molar-refractivity contribution in [3.63, 3.8) is 0 Å². The summed E-state index contributed by atoms with van der Waals surface area (Å²) in [5.41, 5.74) is 0.758. The number of amides is 1. The molecule has 0 radical (unpaired) electrons. The van der Waals surface area contributed by atoms with E-state index >= 15 is 0 Å². The highest BCUT2D eigenvalue weighted by molar-refractivity contribution is 7.09. The number of carbonyl (C=O) groups is 1. The molecular formula is C12H14N2O3S. The molecule has 0 saturated carbocycles. The Hall–Kier alpha value is -1.66. The molecule has 96 valence electrons. The van der Waals surface area contributed by atoms with Crippen LogP contribution in [0.5, 0.6) is 0 Å². The molecule has 18 heavy (non-hydrogen) atoms. The second-order valence-corrected chi connectivity index (χ2v) is 4.73. The Morgan fingerprint density at radius 2 is 2.39 bits per heavy atom. The highest BCUT2D eigenvalue weighted by Gasteiger charge is 2.13. The normalized spacial score (nSPS) is 10.6. The fourth-order valence-electron chi connectivity index (χ4n) is 1.43. The second kappa shape index (κ2) is 5.79. The summed E-state index contributed by atoms with van der Waals surface area (Å²) >= 11 is 1.55. The maximum Gasteiger partial charge on any atom is 0.287 e. The van der Waals surface area contributed by atoms with Crippen molar-refractivity contribution in [2.45, 2.75) is 6.92 Å². The Kier molecular flexibility index (Phi) is 4.11. The van der Waals surface area contributed by atoms with Crippen molar-refractivity contribution >= 4 is 17.2 Å². The first-order valence-electron chi connectivity index (χ1n) is 5.50. The molecule has 5 nitrogen and oxygen atoms in total. The van der Waals surface area contributed by atoms with Crippen LogP contribution in [0.1, 0.15) is 15.6 Å². The van der Waals surface area contributed by atoms with Gasteiger partial charge in [-0.1, -0.05) is 0 Å². The van der Waals surface area contributed by atoms with Crippen LogP contribution in [0.2, 0.25) is 0 Å². The van der Waals surface area contributed by atoms with Crippen LogP contribution in [0.25, 0.3) is 11.5 Å². The first kappa shape index (κ1) is 12.8. The third kappa shape index (κ3) is 2.96. The second-order valence-electron chi connectivity index (χ2n) is 3.66. The topological polar surface area (TPSA) is 64.4 Å². The summed E-state index contributed by atoms with van der Waals surface area (Å²) < 4.78 is 10.3. The lowest BCUT2D eigenvalue weighted by Crippen LogP contribution is -2.26. The van der Waals surface area contributed by atoms with Crippen molar-refractivity contribution < 1.29 is 13.9 Å². The largest absolute Gasteiger partial charge is 0.449 e. The van der Waals surface area contributed by atoms with Gasteiger partial charge in [0.25, 0.3) is 5.91 Å². The molecule has 0 aliphatic carbocycles. The molecule has 0 spiro atoms. The number of aromatic nitrogens is 1. The van der Waals surface area contributed by atoms with E-state index in [4.69, 9.17) is 9.15 Å². The minimum absolute atomic E-state index is 0.245. The Bertz CT molecular complexity index is 533. The van der Waals surface area contributed by atoms with Crippen molar-refractivity contribution in [1.29, 1.82) is 0 Å². The number of furan rings is 1. The third-order valence-corrected chi connectivity index (χ3v) is 3.07. The minimum Gasteiger partial charge on any atom is -0.449 e. The summed E-state index contributed by atoms with van der Waals surface area (Å²) in [5.74, 6) is 0.647. The van der Waals surface area contributed by atoms with Gasteiger partial charge in [-0.3, -0.25) is 4.79 Å². The number of hydrogen-bond donors (Lipinski definition) is 1. The van der Waals surface area contributed by atoms with Gasteiger partial charge < -0.3 is 14.5 Å². The van der Waals surface area contributed by atoms with E-state index < -0.39 is 0 Å². The van der Waals surface area contributed by atoms with Gasteiger partial charge in [-0.2, -0.15) is 0 Å². The van der Waals surface area contributed by atoms with E-state index in [2.05, 4.69) is 10.3 Å². The first-order chi connectivity index (χ1) is 8.70. The maximum atomic E-state index is 11.7. The van der Waals surface area contributed by atoms with Crippen LogP contribution in [0.3, 0.4) is 0 Å². The molecule has 6 heteroatoms. The van der Waals surface area contributed by atoms with E-state index in [9.17, 15) is 4.79 Å². The number of carbonyl (C=O) groups excluding carboxylic acids is 1. The fraction of sp³-hybridized carbons (Fsp3) is 0.333. The predicted molar refractivity (Wildman–Crippen MR) is 68.8 cm³/mol. The Morgan fingerprint density at radius 3 is 3.06 bits per heavy atom. The monoisotopic (exact) mass is 266 g/mol. The first-order valence-corrected chi connectivity index (χ1v) is 6.38. The average Bonchev–Trinajstić information content (AvgIpc) is 2.97. The summed E-state index contributed by atoms with van der Waals surface area (Å²) in [4.78, 5) is 16.0. The van der Waals surface area contributed by atoms with Gasteiger partial charge in [-0.25, -0.2) is 4.98 Å². The molecule has 0 atom stereocenters. The van der Waals surface area contributed by atoms with Crippen molar-refractivity contribution in [3.05, 3.63) is 28.3 Å². The summed E-state index contributed by atoms with van der Waals surface area (Å²) in [7, 11) is 1.59. The lowest BCUT2D eigenvalue weighted by molar-refractivity contribution is 0.0910. The van der Waals surface area contributed by atoms with E-state index in [1.165, 1.54) is 0 Å². The molecular weight excluding hydrogens is 252 g/mol. The van der Waals surface area contributed by atoms with Crippen LogP contribution in [0.4, 0.5) is 0 Å². The maximum absolute atomic E-state index is 11.7. The molecule has 1 amide bonds. The van der Waals surface area contributed by atoms with Crippen LogP contribution < -0.4 is 5.32 Å². The van der Waals surface area contributed by atoms with Crippen molar-refractivity contribution in [3.8, 4) is 11.5 Å². The van der Waals surface area contributed by atoms with Crippen LogP contribution in [0.15, 0.2) is 21.9 Å². The quantitative estimate of drug-likeness (QED) is 0.842. The van der Waals surface area contributed by atoms with E-state index in [1.807, 2.05) is 12.3 Å². The van der Waals surface area contributed by atoms with Gasteiger partial charge in [0.2, 0.25) is 0 Å². The zero-order valence-corrected chi connectivity index (χ0v) is 11.0. The summed E-state index contributed by atoms with van der Waals surface area (Å²) in [6.45, 7) is 2.86. The van der Waals surface area contributed by atoms with Gasteiger partial charge >= 0.3 is 0 Å². The van der Waals surface area contributed by atoms with Gasteiger partial charge in [-0.05, 0) is 19.1 Å². The van der Waals surface area contributed by atoms with E-state index in [0.717, 1.165) is 10.7 Å². The number of hydrogen-bond acceptors (Lipinski definition) is 5. The molecule has 1 N–H and O–H groups in total. The molecule has 2 aromatic rings. The Labute approximate surface area is 109 Å². The lowest BCUT2D eigenvalue weighted by atomic mass is 10.3. The minimum atomic E-state index is -0.245. The van der Waals surface area contributed by atoms with Crippen LogP contribution in [-0.2, 0) is 4.74 Å². The van der Waals surface area contributed by atoms with E-state index in [0.29, 0.717) is 18.9 Å². The SMILES string of the molecule is COCCNC(=O)c1ccc(-c2csc(C)n2)o1. The Morgan fingerprint density at radius 1 is 1.56 bits per heavy atom. The van der Waals surface area contributed by atoms with Crippen LogP contribution >= 0.6 is 11.3 Å². The molecule has 0 fully saturated rings. The number of rotatable bonds is 5. The highest BCUT2D eigenvalue weighted by atomic mass is 32.1. The number of aryl methyl sites for hydroxylation is 1. The molecule has 0 bridgehead atoms. The number of nitrogens with zero attached hydrogens (tertiary/aromatic N) is 1. The molecule has 0 aliphatic heterocycles. The van der Waals surface area contributed by atoms with Gasteiger partial charge in [0.1, 0.15) is 5.69 Å². The van der Waals surface area contributed by atoms with Gasteiger partial charge in [0, 0.05) is 19.0 Å². The molecule has 0 unspecified atom stereocenters.